The zero-order valence-corrected chi connectivity index (χ0v) is 8.48. The van der Waals surface area contributed by atoms with Crippen molar-refractivity contribution in [3.8, 4) is 0 Å². The molecule has 0 amide bonds. The van der Waals surface area contributed by atoms with Crippen LogP contribution in [0.3, 0.4) is 0 Å². The molecule has 0 saturated carbocycles. The van der Waals surface area contributed by atoms with Gasteiger partial charge in [0, 0.05) is 20.1 Å². The second-order valence-electron chi connectivity index (χ2n) is 3.88. The van der Waals surface area contributed by atoms with Crippen molar-refractivity contribution in [1.29, 1.82) is 0 Å². The van der Waals surface area contributed by atoms with Crippen molar-refractivity contribution in [3.05, 3.63) is 6.20 Å². The van der Waals surface area contributed by atoms with E-state index in [1.807, 2.05) is 11.7 Å². The molecule has 2 heterocycles. The van der Waals surface area contributed by atoms with Gasteiger partial charge in [0.2, 0.25) is 0 Å². The summed E-state index contributed by atoms with van der Waals surface area (Å²) in [7, 11) is 1.92. The van der Waals surface area contributed by atoms with E-state index in [4.69, 9.17) is 11.5 Å². The highest BCUT2D eigenvalue weighted by Crippen LogP contribution is 2.27. The lowest BCUT2D eigenvalue weighted by Crippen LogP contribution is -2.25. The molecular formula is C9H17N5. The molecule has 0 aliphatic carbocycles. The van der Waals surface area contributed by atoms with Crippen LogP contribution in [0.4, 0.5) is 11.5 Å². The van der Waals surface area contributed by atoms with Gasteiger partial charge in [0.1, 0.15) is 5.82 Å². The minimum Gasteiger partial charge on any atom is -0.394 e. The maximum atomic E-state index is 5.85. The molecule has 1 aromatic heterocycles. The number of aryl methyl sites for hydroxylation is 1. The third-order valence-electron chi connectivity index (χ3n) is 2.85. The molecule has 0 unspecified atom stereocenters. The van der Waals surface area contributed by atoms with Crippen molar-refractivity contribution in [2.75, 3.05) is 30.3 Å². The van der Waals surface area contributed by atoms with Crippen molar-refractivity contribution in [2.45, 2.75) is 6.42 Å². The quantitative estimate of drug-likeness (QED) is 0.684. The molecule has 1 fully saturated rings. The number of nitrogens with two attached hydrogens (primary N) is 2. The molecule has 0 radical (unpaired) electrons. The fraction of sp³-hybridized carbons (Fsp3) is 0.667. The van der Waals surface area contributed by atoms with E-state index >= 15 is 0 Å². The highest BCUT2D eigenvalue weighted by atomic mass is 15.4. The van der Waals surface area contributed by atoms with E-state index in [9.17, 15) is 0 Å². The molecule has 5 heteroatoms. The minimum atomic E-state index is 0.601. The molecule has 1 aliphatic heterocycles. The summed E-state index contributed by atoms with van der Waals surface area (Å²) >= 11 is 0. The van der Waals surface area contributed by atoms with E-state index < -0.39 is 0 Å². The Morgan fingerprint density at radius 2 is 2.43 bits per heavy atom. The third kappa shape index (κ3) is 1.43. The molecule has 0 aromatic carbocycles. The van der Waals surface area contributed by atoms with Gasteiger partial charge in [-0.15, -0.1) is 0 Å². The zero-order valence-electron chi connectivity index (χ0n) is 8.48. The Morgan fingerprint density at radius 3 is 2.93 bits per heavy atom. The summed E-state index contributed by atoms with van der Waals surface area (Å²) in [5.41, 5.74) is 12.3. The van der Waals surface area contributed by atoms with E-state index in [1.165, 1.54) is 0 Å². The lowest BCUT2D eigenvalue weighted by molar-refractivity contribution is 0.601. The molecule has 2 rings (SSSR count). The Balaban J connectivity index is 2.17. The topological polar surface area (TPSA) is 73.1 Å². The third-order valence-corrected chi connectivity index (χ3v) is 2.85. The molecule has 5 nitrogen and oxygen atoms in total. The van der Waals surface area contributed by atoms with Crippen molar-refractivity contribution in [1.82, 2.24) is 9.78 Å². The number of nitrogen functional groups attached to an aromatic ring is 1. The minimum absolute atomic E-state index is 0.601. The first-order chi connectivity index (χ1) is 6.72. The van der Waals surface area contributed by atoms with Crippen LogP contribution in [-0.2, 0) is 7.05 Å². The second kappa shape index (κ2) is 3.49. The van der Waals surface area contributed by atoms with Gasteiger partial charge in [-0.2, -0.15) is 5.10 Å². The summed E-state index contributed by atoms with van der Waals surface area (Å²) in [6, 6.07) is 0. The lowest BCUT2D eigenvalue weighted by atomic mass is 10.1. The Labute approximate surface area is 83.7 Å². The molecular weight excluding hydrogens is 178 g/mol. The molecule has 78 valence electrons. The zero-order chi connectivity index (χ0) is 10.1. The van der Waals surface area contributed by atoms with Crippen LogP contribution in [0.2, 0.25) is 0 Å². The Morgan fingerprint density at radius 1 is 1.64 bits per heavy atom. The number of hydrogen-bond donors (Lipinski definition) is 2. The van der Waals surface area contributed by atoms with Crippen LogP contribution in [0.25, 0.3) is 0 Å². The van der Waals surface area contributed by atoms with Crippen molar-refractivity contribution in [3.63, 3.8) is 0 Å². The number of hydrogen-bond acceptors (Lipinski definition) is 4. The summed E-state index contributed by atoms with van der Waals surface area (Å²) in [6.45, 7) is 2.79. The lowest BCUT2D eigenvalue weighted by Gasteiger charge is -2.18. The standard InChI is InChI=1S/C9H17N5/c1-13-9(8(11)5-12-13)14-3-2-7(4-10)6-14/h5,7H,2-4,6,10-11H2,1H3/t7-/m1/s1. The monoisotopic (exact) mass is 195 g/mol. The fourth-order valence-corrected chi connectivity index (χ4v) is 2.05. The first-order valence-corrected chi connectivity index (χ1v) is 4.95. The molecule has 4 N–H and O–H groups in total. The van der Waals surface area contributed by atoms with Crippen molar-refractivity contribution >= 4 is 11.5 Å². The number of nitrogens with zero attached hydrogens (tertiary/aromatic N) is 3. The van der Waals surface area contributed by atoms with Crippen LogP contribution in [0.15, 0.2) is 6.20 Å². The van der Waals surface area contributed by atoms with E-state index in [2.05, 4.69) is 10.00 Å². The van der Waals surface area contributed by atoms with Gasteiger partial charge in [-0.3, -0.25) is 4.68 Å². The van der Waals surface area contributed by atoms with Gasteiger partial charge in [0.05, 0.1) is 11.9 Å². The number of anilines is 2. The first kappa shape index (κ1) is 9.33. The summed E-state index contributed by atoms with van der Waals surface area (Å²) in [5.74, 6) is 1.63. The van der Waals surface area contributed by atoms with E-state index in [1.54, 1.807) is 6.20 Å². The summed E-state index contributed by atoms with van der Waals surface area (Å²) in [6.07, 6.45) is 2.85. The SMILES string of the molecule is Cn1ncc(N)c1N1CC[C@H](CN)C1. The molecule has 1 saturated heterocycles. The van der Waals surface area contributed by atoms with Gasteiger partial charge < -0.3 is 16.4 Å². The van der Waals surface area contributed by atoms with Crippen LogP contribution in [0.1, 0.15) is 6.42 Å². The van der Waals surface area contributed by atoms with Crippen LogP contribution >= 0.6 is 0 Å². The highest BCUT2D eigenvalue weighted by Gasteiger charge is 2.24. The average molecular weight is 195 g/mol. The van der Waals surface area contributed by atoms with E-state index in [-0.39, 0.29) is 0 Å². The molecule has 1 aromatic rings. The van der Waals surface area contributed by atoms with Gasteiger partial charge in [-0.25, -0.2) is 0 Å². The van der Waals surface area contributed by atoms with Gasteiger partial charge in [0.25, 0.3) is 0 Å². The van der Waals surface area contributed by atoms with Crippen LogP contribution in [0, 0.1) is 5.92 Å². The number of aromatic nitrogens is 2. The largest absolute Gasteiger partial charge is 0.394 e. The Bertz CT molecular complexity index is 300. The van der Waals surface area contributed by atoms with Crippen molar-refractivity contribution < 1.29 is 0 Å². The van der Waals surface area contributed by atoms with Gasteiger partial charge >= 0.3 is 0 Å². The first-order valence-electron chi connectivity index (χ1n) is 4.95. The molecule has 14 heavy (non-hydrogen) atoms. The van der Waals surface area contributed by atoms with Gasteiger partial charge in [-0.1, -0.05) is 0 Å². The molecule has 0 bridgehead atoms. The highest BCUT2D eigenvalue weighted by molar-refractivity contribution is 5.62. The predicted octanol–water partition coefficient (Wildman–Crippen LogP) is -0.213. The summed E-state index contributed by atoms with van der Waals surface area (Å²) < 4.78 is 1.83. The van der Waals surface area contributed by atoms with Crippen LogP contribution in [-0.4, -0.2) is 29.4 Å². The van der Waals surface area contributed by atoms with Gasteiger partial charge in [0.15, 0.2) is 0 Å². The summed E-state index contributed by atoms with van der Waals surface area (Å²) in [4.78, 5) is 2.26. The fourth-order valence-electron chi connectivity index (χ4n) is 2.05. The van der Waals surface area contributed by atoms with E-state index in [0.29, 0.717) is 5.92 Å². The Kier molecular flexibility index (Phi) is 2.33. The van der Waals surface area contributed by atoms with E-state index in [0.717, 1.165) is 37.6 Å². The van der Waals surface area contributed by atoms with Crippen LogP contribution in [0.5, 0.6) is 0 Å². The summed E-state index contributed by atoms with van der Waals surface area (Å²) in [5, 5.41) is 4.13. The maximum Gasteiger partial charge on any atom is 0.150 e. The average Bonchev–Trinajstić information content (AvgIpc) is 2.73. The Hall–Kier alpha value is -1.23. The number of rotatable bonds is 2. The molecule has 0 spiro atoms. The van der Waals surface area contributed by atoms with Crippen molar-refractivity contribution in [2.24, 2.45) is 18.7 Å². The molecule has 1 atom stereocenters. The second-order valence-corrected chi connectivity index (χ2v) is 3.88. The smallest absolute Gasteiger partial charge is 0.150 e. The predicted molar refractivity (Wildman–Crippen MR) is 57.0 cm³/mol. The molecule has 1 aliphatic rings. The van der Waals surface area contributed by atoms with Gasteiger partial charge in [-0.05, 0) is 18.9 Å². The van der Waals surface area contributed by atoms with Crippen LogP contribution < -0.4 is 16.4 Å². The maximum absolute atomic E-state index is 5.85. The normalized spacial score (nSPS) is 21.9.